The predicted octanol–water partition coefficient (Wildman–Crippen LogP) is 4.56. The van der Waals surface area contributed by atoms with Crippen LogP contribution in [0.2, 0.25) is 0 Å². The zero-order chi connectivity index (χ0) is 13.9. The number of hydrogen-bond donors (Lipinski definition) is 1. The van der Waals surface area contributed by atoms with Crippen LogP contribution in [0.3, 0.4) is 0 Å². The van der Waals surface area contributed by atoms with Crippen molar-refractivity contribution in [1.29, 1.82) is 0 Å². The van der Waals surface area contributed by atoms with E-state index in [2.05, 4.69) is 32.7 Å². The molecule has 0 aliphatic carbocycles. The topological polar surface area (TPSA) is 34.4 Å². The molecule has 0 saturated carbocycles. The highest BCUT2D eigenvalue weighted by Gasteiger charge is 2.08. The lowest BCUT2D eigenvalue weighted by atomic mass is 10.2. The highest BCUT2D eigenvalue weighted by molar-refractivity contribution is 9.10. The van der Waals surface area contributed by atoms with Gasteiger partial charge in [0.05, 0.1) is 13.7 Å². The molecule has 0 bridgehead atoms. The Bertz CT molecular complexity index is 720. The van der Waals surface area contributed by atoms with Crippen molar-refractivity contribution in [3.8, 4) is 5.75 Å². The second-order valence-electron chi connectivity index (χ2n) is 4.39. The number of thiophene rings is 1. The Morgan fingerprint density at radius 1 is 1.30 bits per heavy atom. The molecule has 5 heteroatoms. The van der Waals surface area contributed by atoms with E-state index in [-0.39, 0.29) is 0 Å². The summed E-state index contributed by atoms with van der Waals surface area (Å²) in [6.07, 6.45) is 0. The van der Waals surface area contributed by atoms with E-state index >= 15 is 0 Å². The van der Waals surface area contributed by atoms with Gasteiger partial charge in [-0.05, 0) is 39.5 Å². The zero-order valence-electron chi connectivity index (χ0n) is 11.0. The van der Waals surface area contributed by atoms with Crippen LogP contribution < -0.4 is 10.1 Å². The molecule has 104 valence electrons. The average Bonchev–Trinajstić information content (AvgIpc) is 3.04. The van der Waals surface area contributed by atoms with Gasteiger partial charge in [-0.15, -0.1) is 11.3 Å². The number of benzene rings is 1. The number of ether oxygens (including phenoxy) is 1. The Kier molecular flexibility index (Phi) is 4.10. The molecule has 3 aromatic rings. The number of fused-ring (bicyclic) bond motifs is 1. The van der Waals surface area contributed by atoms with Crippen LogP contribution in [0.1, 0.15) is 10.6 Å². The minimum Gasteiger partial charge on any atom is -0.493 e. The SMILES string of the molecule is COc1cccc2cc(CNCc3sccc3Br)oc12. The lowest BCUT2D eigenvalue weighted by molar-refractivity contribution is 0.406. The van der Waals surface area contributed by atoms with Gasteiger partial charge in [-0.25, -0.2) is 0 Å². The van der Waals surface area contributed by atoms with Gasteiger partial charge in [0.25, 0.3) is 0 Å². The minimum absolute atomic E-state index is 0.697. The molecule has 0 unspecified atom stereocenters. The third-order valence-corrected chi connectivity index (χ3v) is 4.98. The number of rotatable bonds is 5. The molecule has 0 atom stereocenters. The number of hydrogen-bond acceptors (Lipinski definition) is 4. The van der Waals surface area contributed by atoms with Gasteiger partial charge in [-0.2, -0.15) is 0 Å². The van der Waals surface area contributed by atoms with E-state index in [0.717, 1.165) is 33.5 Å². The predicted molar refractivity (Wildman–Crippen MR) is 85.3 cm³/mol. The largest absolute Gasteiger partial charge is 0.493 e. The number of nitrogens with one attached hydrogen (secondary N) is 1. The van der Waals surface area contributed by atoms with Crippen LogP contribution in [-0.2, 0) is 13.1 Å². The summed E-state index contributed by atoms with van der Waals surface area (Å²) < 4.78 is 12.3. The molecule has 0 saturated heterocycles. The maximum absolute atomic E-state index is 5.84. The van der Waals surface area contributed by atoms with Crippen LogP contribution >= 0.6 is 27.3 Å². The van der Waals surface area contributed by atoms with E-state index in [0.29, 0.717) is 6.54 Å². The van der Waals surface area contributed by atoms with Gasteiger partial charge in [0.2, 0.25) is 0 Å². The third-order valence-electron chi connectivity index (χ3n) is 3.05. The Hall–Kier alpha value is -1.30. The van der Waals surface area contributed by atoms with Crippen molar-refractivity contribution >= 4 is 38.2 Å². The average molecular weight is 352 g/mol. The lowest BCUT2D eigenvalue weighted by Gasteiger charge is -2.01. The molecule has 0 fully saturated rings. The standard InChI is InChI=1S/C15H14BrNO2S/c1-18-13-4-2-3-10-7-11(19-15(10)13)8-17-9-14-12(16)5-6-20-14/h2-7,17H,8-9H2,1H3. The molecule has 2 heterocycles. The van der Waals surface area contributed by atoms with Crippen molar-refractivity contribution in [1.82, 2.24) is 5.32 Å². The first-order chi connectivity index (χ1) is 9.78. The number of halogens is 1. The van der Waals surface area contributed by atoms with Crippen LogP contribution in [0.15, 0.2) is 44.6 Å². The molecule has 2 aromatic heterocycles. The molecule has 3 rings (SSSR count). The molecule has 1 aromatic carbocycles. The van der Waals surface area contributed by atoms with E-state index in [1.165, 1.54) is 4.88 Å². The molecular weight excluding hydrogens is 338 g/mol. The lowest BCUT2D eigenvalue weighted by Crippen LogP contribution is -2.11. The van der Waals surface area contributed by atoms with Crippen LogP contribution in [0.4, 0.5) is 0 Å². The molecule has 0 aliphatic rings. The first-order valence-electron chi connectivity index (χ1n) is 6.26. The van der Waals surface area contributed by atoms with Gasteiger partial charge in [0.1, 0.15) is 5.76 Å². The van der Waals surface area contributed by atoms with Gasteiger partial charge in [0.15, 0.2) is 11.3 Å². The Morgan fingerprint density at radius 3 is 2.95 bits per heavy atom. The van der Waals surface area contributed by atoms with Crippen LogP contribution in [-0.4, -0.2) is 7.11 Å². The fourth-order valence-electron chi connectivity index (χ4n) is 2.09. The van der Waals surface area contributed by atoms with Crippen molar-refractivity contribution in [3.63, 3.8) is 0 Å². The summed E-state index contributed by atoms with van der Waals surface area (Å²) in [5, 5.41) is 6.53. The van der Waals surface area contributed by atoms with E-state index in [1.807, 2.05) is 24.3 Å². The Labute approximate surface area is 129 Å². The Morgan fingerprint density at radius 2 is 2.20 bits per heavy atom. The minimum atomic E-state index is 0.697. The summed E-state index contributed by atoms with van der Waals surface area (Å²) in [4.78, 5) is 1.29. The van der Waals surface area contributed by atoms with Crippen molar-refractivity contribution in [2.75, 3.05) is 7.11 Å². The number of furan rings is 1. The van der Waals surface area contributed by atoms with Gasteiger partial charge in [0, 0.05) is 21.3 Å². The van der Waals surface area contributed by atoms with E-state index in [4.69, 9.17) is 9.15 Å². The van der Waals surface area contributed by atoms with Crippen LogP contribution in [0.25, 0.3) is 11.0 Å². The summed E-state index contributed by atoms with van der Waals surface area (Å²) >= 11 is 5.27. The second-order valence-corrected chi connectivity index (χ2v) is 6.24. The first kappa shape index (κ1) is 13.7. The molecule has 0 amide bonds. The van der Waals surface area contributed by atoms with Crippen molar-refractivity contribution < 1.29 is 9.15 Å². The van der Waals surface area contributed by atoms with Crippen molar-refractivity contribution in [2.24, 2.45) is 0 Å². The third kappa shape index (κ3) is 2.75. The molecule has 1 N–H and O–H groups in total. The van der Waals surface area contributed by atoms with Gasteiger partial charge in [-0.1, -0.05) is 12.1 Å². The maximum Gasteiger partial charge on any atom is 0.176 e. The normalized spacial score (nSPS) is 11.1. The fraction of sp³-hybridized carbons (Fsp3) is 0.200. The van der Waals surface area contributed by atoms with Gasteiger partial charge in [-0.3, -0.25) is 0 Å². The van der Waals surface area contributed by atoms with Crippen molar-refractivity contribution in [3.05, 3.63) is 50.8 Å². The van der Waals surface area contributed by atoms with Crippen LogP contribution in [0, 0.1) is 0 Å². The fourth-order valence-corrected chi connectivity index (χ4v) is 3.55. The summed E-state index contributed by atoms with van der Waals surface area (Å²) in [7, 11) is 1.66. The van der Waals surface area contributed by atoms with Crippen molar-refractivity contribution in [2.45, 2.75) is 13.1 Å². The van der Waals surface area contributed by atoms with E-state index < -0.39 is 0 Å². The first-order valence-corrected chi connectivity index (χ1v) is 7.93. The smallest absolute Gasteiger partial charge is 0.176 e. The monoisotopic (exact) mass is 351 g/mol. The summed E-state index contributed by atoms with van der Waals surface area (Å²) in [5.41, 5.74) is 0.809. The number of methoxy groups -OCH3 is 1. The van der Waals surface area contributed by atoms with Gasteiger partial charge < -0.3 is 14.5 Å². The van der Waals surface area contributed by atoms with Crippen LogP contribution in [0.5, 0.6) is 5.75 Å². The highest BCUT2D eigenvalue weighted by atomic mass is 79.9. The molecule has 0 aliphatic heterocycles. The highest BCUT2D eigenvalue weighted by Crippen LogP contribution is 2.28. The van der Waals surface area contributed by atoms with E-state index in [9.17, 15) is 0 Å². The zero-order valence-corrected chi connectivity index (χ0v) is 13.4. The maximum atomic E-state index is 5.84. The molecule has 20 heavy (non-hydrogen) atoms. The molecular formula is C15H14BrNO2S. The summed E-state index contributed by atoms with van der Waals surface area (Å²) in [6.45, 7) is 1.52. The molecule has 0 spiro atoms. The van der Waals surface area contributed by atoms with Gasteiger partial charge >= 0.3 is 0 Å². The van der Waals surface area contributed by atoms with E-state index in [1.54, 1.807) is 18.4 Å². The Balaban J connectivity index is 1.70. The quantitative estimate of drug-likeness (QED) is 0.731. The summed E-state index contributed by atoms with van der Waals surface area (Å²) in [6, 6.07) is 10.0. The second kappa shape index (κ2) is 5.99. The summed E-state index contributed by atoms with van der Waals surface area (Å²) in [5.74, 6) is 1.69. The molecule has 3 nitrogen and oxygen atoms in total. The molecule has 0 radical (unpaired) electrons. The number of para-hydroxylation sites is 1.